The molecule has 0 amide bonds. The zero-order valence-corrected chi connectivity index (χ0v) is 15.0. The molecule has 146 valence electrons. The van der Waals surface area contributed by atoms with Crippen LogP contribution in [0.3, 0.4) is 0 Å². The topological polar surface area (TPSA) is 168 Å². The number of nitrogens with one attached hydrogen (secondary N) is 2. The molecule has 0 radical (unpaired) electrons. The SMILES string of the molecule is N=C(N)c1cccc(Oc2ccc(C(=O)O)c(Oc3cccc(C(=N)N)c3)n2)c1. The zero-order valence-electron chi connectivity index (χ0n) is 15.0. The van der Waals surface area contributed by atoms with Gasteiger partial charge in [-0.1, -0.05) is 24.3 Å². The number of hydrogen-bond acceptors (Lipinski definition) is 6. The highest BCUT2D eigenvalue weighted by Gasteiger charge is 2.16. The molecule has 29 heavy (non-hydrogen) atoms. The summed E-state index contributed by atoms with van der Waals surface area (Å²) in [5, 5.41) is 24.4. The molecule has 3 aromatic rings. The van der Waals surface area contributed by atoms with Gasteiger partial charge < -0.3 is 26.0 Å². The second kappa shape index (κ2) is 8.09. The molecule has 0 aliphatic heterocycles. The largest absolute Gasteiger partial charge is 0.477 e. The number of rotatable bonds is 7. The molecule has 0 spiro atoms. The van der Waals surface area contributed by atoms with E-state index in [9.17, 15) is 9.90 Å². The van der Waals surface area contributed by atoms with Crippen LogP contribution in [0.4, 0.5) is 0 Å². The van der Waals surface area contributed by atoms with Gasteiger partial charge in [0.2, 0.25) is 11.8 Å². The average Bonchev–Trinajstić information content (AvgIpc) is 2.68. The Balaban J connectivity index is 1.93. The van der Waals surface area contributed by atoms with E-state index in [2.05, 4.69) is 4.98 Å². The molecular formula is C20H17N5O4. The Morgan fingerprint density at radius 1 is 0.862 bits per heavy atom. The second-order valence-electron chi connectivity index (χ2n) is 5.89. The van der Waals surface area contributed by atoms with Gasteiger partial charge in [-0.2, -0.15) is 4.98 Å². The van der Waals surface area contributed by atoms with E-state index < -0.39 is 5.97 Å². The van der Waals surface area contributed by atoms with Crippen LogP contribution in [0.5, 0.6) is 23.3 Å². The number of benzene rings is 2. The quantitative estimate of drug-likeness (QED) is 0.304. The molecule has 9 nitrogen and oxygen atoms in total. The maximum atomic E-state index is 11.5. The summed E-state index contributed by atoms with van der Waals surface area (Å²) in [7, 11) is 0. The summed E-state index contributed by atoms with van der Waals surface area (Å²) in [6.45, 7) is 0. The molecular weight excluding hydrogens is 374 g/mol. The van der Waals surface area contributed by atoms with E-state index >= 15 is 0 Å². The summed E-state index contributed by atoms with van der Waals surface area (Å²) in [6, 6.07) is 15.6. The molecule has 1 aromatic heterocycles. The van der Waals surface area contributed by atoms with Gasteiger partial charge in [0.15, 0.2) is 0 Å². The number of nitrogens with zero attached hydrogens (tertiary/aromatic N) is 1. The monoisotopic (exact) mass is 391 g/mol. The minimum Gasteiger partial charge on any atom is -0.477 e. The molecule has 7 N–H and O–H groups in total. The number of nitrogen functional groups attached to an aromatic ring is 2. The fourth-order valence-electron chi connectivity index (χ4n) is 2.41. The number of ether oxygens (including phenoxy) is 2. The Labute approximate surface area is 165 Å². The fourth-order valence-corrected chi connectivity index (χ4v) is 2.41. The van der Waals surface area contributed by atoms with E-state index in [0.717, 1.165) is 0 Å². The van der Waals surface area contributed by atoms with E-state index in [1.54, 1.807) is 42.5 Å². The second-order valence-corrected chi connectivity index (χ2v) is 5.89. The minimum atomic E-state index is -1.22. The van der Waals surface area contributed by atoms with Crippen LogP contribution in [0.15, 0.2) is 60.7 Å². The van der Waals surface area contributed by atoms with Crippen molar-refractivity contribution in [1.82, 2.24) is 4.98 Å². The average molecular weight is 391 g/mol. The Hall–Kier alpha value is -4.40. The molecule has 0 aliphatic carbocycles. The van der Waals surface area contributed by atoms with Crippen molar-refractivity contribution >= 4 is 17.6 Å². The molecule has 0 saturated carbocycles. The minimum absolute atomic E-state index is 0.0911. The summed E-state index contributed by atoms with van der Waals surface area (Å²) in [5.74, 6) is -0.934. The van der Waals surface area contributed by atoms with Gasteiger partial charge in [-0.05, 0) is 30.3 Å². The van der Waals surface area contributed by atoms with Crippen LogP contribution in [0.25, 0.3) is 0 Å². The maximum Gasteiger partial charge on any atom is 0.341 e. The first-order chi connectivity index (χ1) is 13.8. The normalized spacial score (nSPS) is 10.2. The number of aromatic nitrogens is 1. The lowest BCUT2D eigenvalue weighted by molar-refractivity contribution is 0.0693. The van der Waals surface area contributed by atoms with E-state index in [-0.39, 0.29) is 34.7 Å². The predicted octanol–water partition coefficient (Wildman–Crippen LogP) is 2.93. The van der Waals surface area contributed by atoms with E-state index in [4.69, 9.17) is 31.8 Å². The number of carboxylic acids is 1. The summed E-state index contributed by atoms with van der Waals surface area (Å²) in [5.41, 5.74) is 11.7. The van der Waals surface area contributed by atoms with Crippen molar-refractivity contribution < 1.29 is 19.4 Å². The number of carboxylic acid groups (broad SMARTS) is 1. The van der Waals surface area contributed by atoms with Crippen LogP contribution in [-0.2, 0) is 0 Å². The number of aromatic carboxylic acids is 1. The third-order valence-corrected chi connectivity index (χ3v) is 3.79. The number of amidine groups is 2. The summed E-state index contributed by atoms with van der Waals surface area (Å²) >= 11 is 0. The van der Waals surface area contributed by atoms with Crippen LogP contribution >= 0.6 is 0 Å². The first-order valence-electron chi connectivity index (χ1n) is 8.32. The first kappa shape index (κ1) is 19.4. The molecule has 1 heterocycles. The van der Waals surface area contributed by atoms with Crippen molar-refractivity contribution in [3.05, 3.63) is 77.4 Å². The van der Waals surface area contributed by atoms with Gasteiger partial charge in [-0.25, -0.2) is 4.79 Å². The van der Waals surface area contributed by atoms with Crippen LogP contribution in [0.1, 0.15) is 21.5 Å². The maximum absolute atomic E-state index is 11.5. The molecule has 0 unspecified atom stereocenters. The number of nitrogens with two attached hydrogens (primary N) is 2. The standard InChI is InChI=1S/C20H17N5O4/c21-17(22)11-3-1-5-13(9-11)28-16-8-7-15(20(26)27)19(25-16)29-14-6-2-4-12(10-14)18(23)24/h1-10H,(H3,21,22)(H3,23,24)(H,26,27). The zero-order chi connectivity index (χ0) is 21.0. The van der Waals surface area contributed by atoms with E-state index in [1.807, 2.05) is 0 Å². The molecule has 2 aromatic carbocycles. The lowest BCUT2D eigenvalue weighted by atomic mass is 10.2. The lowest BCUT2D eigenvalue weighted by Crippen LogP contribution is -2.11. The van der Waals surface area contributed by atoms with Gasteiger partial charge in [0, 0.05) is 17.2 Å². The van der Waals surface area contributed by atoms with Crippen molar-refractivity contribution in [3.63, 3.8) is 0 Å². The van der Waals surface area contributed by atoms with Gasteiger partial charge in [0.05, 0.1) is 0 Å². The van der Waals surface area contributed by atoms with Crippen molar-refractivity contribution in [1.29, 1.82) is 10.8 Å². The van der Waals surface area contributed by atoms with Crippen molar-refractivity contribution in [2.45, 2.75) is 0 Å². The molecule has 3 rings (SSSR count). The van der Waals surface area contributed by atoms with Crippen molar-refractivity contribution in [3.8, 4) is 23.3 Å². The Kier molecular flexibility index (Phi) is 5.40. The van der Waals surface area contributed by atoms with Crippen LogP contribution in [0, 0.1) is 10.8 Å². The molecule has 0 saturated heterocycles. The van der Waals surface area contributed by atoms with Crippen LogP contribution in [0.2, 0.25) is 0 Å². The van der Waals surface area contributed by atoms with Gasteiger partial charge in [-0.15, -0.1) is 0 Å². The van der Waals surface area contributed by atoms with Gasteiger partial charge in [-0.3, -0.25) is 10.8 Å². The summed E-state index contributed by atoms with van der Waals surface area (Å²) < 4.78 is 11.3. The Morgan fingerprint density at radius 2 is 1.41 bits per heavy atom. The molecule has 0 atom stereocenters. The number of carbonyl (C=O) groups is 1. The highest BCUT2D eigenvalue weighted by Crippen LogP contribution is 2.29. The van der Waals surface area contributed by atoms with E-state index in [1.165, 1.54) is 18.2 Å². The van der Waals surface area contributed by atoms with E-state index in [0.29, 0.717) is 16.9 Å². The van der Waals surface area contributed by atoms with Crippen molar-refractivity contribution in [2.24, 2.45) is 11.5 Å². The summed E-state index contributed by atoms with van der Waals surface area (Å²) in [4.78, 5) is 15.7. The lowest BCUT2D eigenvalue weighted by Gasteiger charge is -2.11. The Bertz CT molecular complexity index is 1110. The van der Waals surface area contributed by atoms with Gasteiger partial charge in [0.1, 0.15) is 28.7 Å². The molecule has 0 bridgehead atoms. The highest BCUT2D eigenvalue weighted by atomic mass is 16.5. The van der Waals surface area contributed by atoms with Gasteiger partial charge >= 0.3 is 5.97 Å². The Morgan fingerprint density at radius 3 is 1.93 bits per heavy atom. The molecule has 0 aliphatic rings. The fraction of sp³-hybridized carbons (Fsp3) is 0. The van der Waals surface area contributed by atoms with Gasteiger partial charge in [0.25, 0.3) is 0 Å². The predicted molar refractivity (Wildman–Crippen MR) is 106 cm³/mol. The van der Waals surface area contributed by atoms with Crippen molar-refractivity contribution in [2.75, 3.05) is 0 Å². The third kappa shape index (κ3) is 4.66. The van der Waals surface area contributed by atoms with Crippen LogP contribution in [-0.4, -0.2) is 27.7 Å². The van der Waals surface area contributed by atoms with Crippen LogP contribution < -0.4 is 20.9 Å². The molecule has 9 heteroatoms. The summed E-state index contributed by atoms with van der Waals surface area (Å²) in [6.07, 6.45) is 0. The first-order valence-corrected chi connectivity index (χ1v) is 8.32. The highest BCUT2D eigenvalue weighted by molar-refractivity contribution is 5.95. The number of pyridine rings is 1. The smallest absolute Gasteiger partial charge is 0.341 e. The third-order valence-electron chi connectivity index (χ3n) is 3.79. The molecule has 0 fully saturated rings. The number of hydrogen-bond donors (Lipinski definition) is 5.